The van der Waals surface area contributed by atoms with Crippen molar-refractivity contribution in [3.8, 4) is 0 Å². The molecule has 0 radical (unpaired) electrons. The SMILES string of the molecule is CN(C)C(=O)CC1=NCNC1=O. The Kier molecular flexibility index (Phi) is 2.42. The summed E-state index contributed by atoms with van der Waals surface area (Å²) in [5, 5.41) is 2.50. The minimum absolute atomic E-state index is 0.0961. The minimum Gasteiger partial charge on any atom is -0.348 e. The maximum Gasteiger partial charge on any atom is 0.267 e. The molecule has 1 heterocycles. The first kappa shape index (κ1) is 8.70. The van der Waals surface area contributed by atoms with E-state index >= 15 is 0 Å². The number of hydrogen-bond donors (Lipinski definition) is 1. The number of carbonyl (C=O) groups is 2. The van der Waals surface area contributed by atoms with Crippen LogP contribution in [0.4, 0.5) is 0 Å². The van der Waals surface area contributed by atoms with Gasteiger partial charge < -0.3 is 10.2 Å². The maximum absolute atomic E-state index is 11.1. The van der Waals surface area contributed by atoms with E-state index in [0.29, 0.717) is 12.4 Å². The van der Waals surface area contributed by atoms with Crippen LogP contribution in [0.25, 0.3) is 0 Å². The molecule has 0 aromatic carbocycles. The van der Waals surface area contributed by atoms with Crippen molar-refractivity contribution in [3.63, 3.8) is 0 Å². The molecule has 1 aliphatic heterocycles. The second kappa shape index (κ2) is 3.34. The van der Waals surface area contributed by atoms with E-state index in [9.17, 15) is 9.59 Å². The summed E-state index contributed by atoms with van der Waals surface area (Å²) >= 11 is 0. The van der Waals surface area contributed by atoms with Crippen LogP contribution in [0.2, 0.25) is 0 Å². The fraction of sp³-hybridized carbons (Fsp3) is 0.571. The highest BCUT2D eigenvalue weighted by Gasteiger charge is 2.19. The van der Waals surface area contributed by atoms with E-state index in [2.05, 4.69) is 10.3 Å². The van der Waals surface area contributed by atoms with Gasteiger partial charge in [0, 0.05) is 14.1 Å². The molecule has 0 bridgehead atoms. The lowest BCUT2D eigenvalue weighted by Crippen LogP contribution is -2.29. The number of nitrogens with zero attached hydrogens (tertiary/aromatic N) is 2. The molecule has 0 saturated heterocycles. The van der Waals surface area contributed by atoms with Crippen molar-refractivity contribution in [2.75, 3.05) is 20.8 Å². The topological polar surface area (TPSA) is 61.8 Å². The van der Waals surface area contributed by atoms with Gasteiger partial charge in [0.15, 0.2) is 0 Å². The molecule has 2 amide bonds. The Morgan fingerprint density at radius 3 is 2.75 bits per heavy atom. The van der Waals surface area contributed by atoms with Crippen molar-refractivity contribution >= 4 is 17.5 Å². The molecule has 0 atom stereocenters. The van der Waals surface area contributed by atoms with Gasteiger partial charge >= 0.3 is 0 Å². The van der Waals surface area contributed by atoms with Crippen LogP contribution in [-0.4, -0.2) is 43.2 Å². The fourth-order valence-electron chi connectivity index (χ4n) is 0.818. The number of hydrogen-bond acceptors (Lipinski definition) is 3. The van der Waals surface area contributed by atoms with E-state index in [4.69, 9.17) is 0 Å². The Hall–Kier alpha value is -1.39. The van der Waals surface area contributed by atoms with Crippen molar-refractivity contribution in [1.29, 1.82) is 0 Å². The highest BCUT2D eigenvalue weighted by Crippen LogP contribution is 1.96. The van der Waals surface area contributed by atoms with Gasteiger partial charge in [0.25, 0.3) is 5.91 Å². The second-order valence-electron chi connectivity index (χ2n) is 2.73. The van der Waals surface area contributed by atoms with Crippen LogP contribution in [0.5, 0.6) is 0 Å². The molecule has 1 aliphatic rings. The summed E-state index contributed by atoms with van der Waals surface area (Å²) < 4.78 is 0. The van der Waals surface area contributed by atoms with Gasteiger partial charge in [-0.3, -0.25) is 14.6 Å². The molecule has 0 unspecified atom stereocenters. The van der Waals surface area contributed by atoms with Crippen LogP contribution in [-0.2, 0) is 9.59 Å². The smallest absolute Gasteiger partial charge is 0.267 e. The summed E-state index contributed by atoms with van der Waals surface area (Å²) in [6.45, 7) is 0.300. The Labute approximate surface area is 70.5 Å². The largest absolute Gasteiger partial charge is 0.348 e. The minimum atomic E-state index is -0.231. The molecular formula is C7H11N3O2. The van der Waals surface area contributed by atoms with Gasteiger partial charge in [-0.15, -0.1) is 0 Å². The standard InChI is InChI=1S/C7H11N3O2/c1-10(2)6(11)3-5-7(12)9-4-8-5/h3-4H2,1-2H3,(H,9,12). The quantitative estimate of drug-likeness (QED) is 0.576. The second-order valence-corrected chi connectivity index (χ2v) is 2.73. The normalized spacial score (nSPS) is 15.5. The van der Waals surface area contributed by atoms with Crippen molar-refractivity contribution < 1.29 is 9.59 Å². The van der Waals surface area contributed by atoms with Crippen LogP contribution in [0, 0.1) is 0 Å². The zero-order chi connectivity index (χ0) is 9.14. The number of rotatable bonds is 2. The van der Waals surface area contributed by atoms with Crippen molar-refractivity contribution in [1.82, 2.24) is 10.2 Å². The Balaban J connectivity index is 2.52. The summed E-state index contributed by atoms with van der Waals surface area (Å²) in [4.78, 5) is 27.3. The maximum atomic E-state index is 11.1. The van der Waals surface area contributed by atoms with Gasteiger partial charge in [0.1, 0.15) is 12.4 Å². The summed E-state index contributed by atoms with van der Waals surface area (Å²) in [6.07, 6.45) is 0.0961. The molecule has 0 spiro atoms. The van der Waals surface area contributed by atoms with Crippen LogP contribution < -0.4 is 5.32 Å². The molecule has 66 valence electrons. The molecule has 5 heteroatoms. The first-order chi connectivity index (χ1) is 5.61. The predicted octanol–water partition coefficient (Wildman–Crippen LogP) is -1.01. The van der Waals surface area contributed by atoms with E-state index < -0.39 is 0 Å². The van der Waals surface area contributed by atoms with E-state index in [0.717, 1.165) is 0 Å². The van der Waals surface area contributed by atoms with Gasteiger partial charge in [-0.1, -0.05) is 0 Å². The lowest BCUT2D eigenvalue weighted by atomic mass is 10.2. The van der Waals surface area contributed by atoms with Crippen molar-refractivity contribution in [2.45, 2.75) is 6.42 Å². The van der Waals surface area contributed by atoms with Crippen LogP contribution in [0.1, 0.15) is 6.42 Å². The third kappa shape index (κ3) is 1.81. The van der Waals surface area contributed by atoms with E-state index in [1.165, 1.54) is 4.90 Å². The first-order valence-electron chi connectivity index (χ1n) is 3.63. The Bertz CT molecular complexity index is 245. The van der Waals surface area contributed by atoms with Crippen LogP contribution >= 0.6 is 0 Å². The van der Waals surface area contributed by atoms with E-state index in [1.54, 1.807) is 14.1 Å². The lowest BCUT2D eigenvalue weighted by Gasteiger charge is -2.08. The molecule has 1 rings (SSSR count). The number of nitrogens with one attached hydrogen (secondary N) is 1. The highest BCUT2D eigenvalue weighted by atomic mass is 16.2. The third-order valence-electron chi connectivity index (χ3n) is 1.59. The fourth-order valence-corrected chi connectivity index (χ4v) is 0.818. The summed E-state index contributed by atoms with van der Waals surface area (Å²) in [6, 6.07) is 0. The number of aliphatic imine (C=N–C) groups is 1. The van der Waals surface area contributed by atoms with Gasteiger partial charge in [-0.05, 0) is 0 Å². The molecule has 0 saturated carbocycles. The number of carbonyl (C=O) groups excluding carboxylic acids is 2. The molecule has 0 aromatic rings. The van der Waals surface area contributed by atoms with Gasteiger partial charge in [0.2, 0.25) is 5.91 Å². The molecule has 12 heavy (non-hydrogen) atoms. The Morgan fingerprint density at radius 2 is 2.33 bits per heavy atom. The first-order valence-corrected chi connectivity index (χ1v) is 3.63. The average molecular weight is 169 g/mol. The number of amides is 2. The monoisotopic (exact) mass is 169 g/mol. The summed E-state index contributed by atoms with van der Waals surface area (Å²) in [5.41, 5.74) is 0.328. The Morgan fingerprint density at radius 1 is 1.67 bits per heavy atom. The molecule has 1 N–H and O–H groups in total. The summed E-state index contributed by atoms with van der Waals surface area (Å²) in [5.74, 6) is -0.337. The molecule has 0 fully saturated rings. The molecule has 5 nitrogen and oxygen atoms in total. The van der Waals surface area contributed by atoms with E-state index in [-0.39, 0.29) is 18.2 Å². The molecule has 0 aliphatic carbocycles. The molecular weight excluding hydrogens is 158 g/mol. The molecule has 0 aromatic heterocycles. The van der Waals surface area contributed by atoms with Crippen LogP contribution in [0.3, 0.4) is 0 Å². The third-order valence-corrected chi connectivity index (χ3v) is 1.59. The van der Waals surface area contributed by atoms with Gasteiger partial charge in [-0.2, -0.15) is 0 Å². The van der Waals surface area contributed by atoms with E-state index in [1.807, 2.05) is 0 Å². The average Bonchev–Trinajstić information content (AvgIpc) is 2.36. The zero-order valence-corrected chi connectivity index (χ0v) is 7.13. The van der Waals surface area contributed by atoms with Gasteiger partial charge in [0.05, 0.1) is 6.42 Å². The summed E-state index contributed by atoms with van der Waals surface area (Å²) in [7, 11) is 3.30. The van der Waals surface area contributed by atoms with Crippen LogP contribution in [0.15, 0.2) is 4.99 Å². The van der Waals surface area contributed by atoms with Crippen molar-refractivity contribution in [3.05, 3.63) is 0 Å². The lowest BCUT2D eigenvalue weighted by molar-refractivity contribution is -0.127. The zero-order valence-electron chi connectivity index (χ0n) is 7.13. The van der Waals surface area contributed by atoms with Gasteiger partial charge in [-0.25, -0.2) is 0 Å². The predicted molar refractivity (Wildman–Crippen MR) is 43.8 cm³/mol. The highest BCUT2D eigenvalue weighted by molar-refractivity contribution is 6.42. The van der Waals surface area contributed by atoms with Crippen molar-refractivity contribution in [2.24, 2.45) is 4.99 Å².